The van der Waals surface area contributed by atoms with Crippen molar-refractivity contribution in [2.75, 3.05) is 18.5 Å². The zero-order chi connectivity index (χ0) is 14.4. The van der Waals surface area contributed by atoms with Gasteiger partial charge in [0.2, 0.25) is 0 Å². The van der Waals surface area contributed by atoms with Gasteiger partial charge in [-0.1, -0.05) is 0 Å². The second kappa shape index (κ2) is 13.0. The Kier molecular flexibility index (Phi) is 14.4. The van der Waals surface area contributed by atoms with Crippen LogP contribution in [-0.2, 0) is 0 Å². The first kappa shape index (κ1) is 19.9. The first-order chi connectivity index (χ1) is 8.41. The fourth-order valence-corrected chi connectivity index (χ4v) is 5.68. The van der Waals surface area contributed by atoms with Crippen molar-refractivity contribution < 1.29 is 15.2 Å². The van der Waals surface area contributed by atoms with E-state index >= 15 is 0 Å². The molecule has 18 heavy (non-hydrogen) atoms. The molecule has 0 spiro atoms. The molecule has 0 radical (unpaired) electrons. The van der Waals surface area contributed by atoms with Gasteiger partial charge >= 0.3 is 90.2 Å². The summed E-state index contributed by atoms with van der Waals surface area (Å²) in [5, 5.41) is 13.6. The Balaban J connectivity index is 0. The molecular formula is C12H30NO4P. The van der Waals surface area contributed by atoms with Crippen LogP contribution in [0.3, 0.4) is 0 Å². The summed E-state index contributed by atoms with van der Waals surface area (Å²) in [6.07, 6.45) is 10.8. The number of rotatable bonds is 9. The van der Waals surface area contributed by atoms with Crippen molar-refractivity contribution >= 4 is 7.49 Å². The number of nitrogens with zero attached hydrogens (tertiary/aromatic N) is 1. The molecule has 0 aromatic carbocycles. The Hall–Kier alpha value is -0.410. The summed E-state index contributed by atoms with van der Waals surface area (Å²) in [7, 11) is -1.81. The molecule has 0 amide bonds. The van der Waals surface area contributed by atoms with Gasteiger partial charge in [-0.15, -0.1) is 10.1 Å². The predicted octanol–water partition coefficient (Wildman–Crippen LogP) is 3.70. The molecule has 5 nitrogen and oxygen atoms in total. The molecule has 0 aromatic heterocycles. The van der Waals surface area contributed by atoms with E-state index in [2.05, 4.69) is 20.8 Å². The third-order valence-electron chi connectivity index (χ3n) is 2.99. The molecule has 0 aromatic rings. The van der Waals surface area contributed by atoms with E-state index < -0.39 is 12.6 Å². The summed E-state index contributed by atoms with van der Waals surface area (Å²) in [6.45, 7) is 6.65. The standard InChI is InChI=1S/C12H29OP.HNO3/c1-4-7-10-14(13,11-8-5-2)12-9-6-3;2-1(3)4/h13-14H,4-12H2,1-3H3;(H,2,3,4). The zero-order valence-electron chi connectivity index (χ0n) is 12.0. The Bertz CT molecular complexity index is 177. The quantitative estimate of drug-likeness (QED) is 0.384. The molecule has 6 heteroatoms. The smallest absolute Gasteiger partial charge is 0.291 e. The molecule has 2 N–H and O–H groups in total. The van der Waals surface area contributed by atoms with E-state index in [1.54, 1.807) is 0 Å². The van der Waals surface area contributed by atoms with Gasteiger partial charge in [0.15, 0.2) is 0 Å². The van der Waals surface area contributed by atoms with E-state index in [9.17, 15) is 4.89 Å². The van der Waals surface area contributed by atoms with E-state index in [-0.39, 0.29) is 0 Å². The Morgan fingerprint density at radius 2 is 1.17 bits per heavy atom. The van der Waals surface area contributed by atoms with Crippen molar-refractivity contribution in [3.05, 3.63) is 10.1 Å². The molecule has 0 aliphatic rings. The summed E-state index contributed by atoms with van der Waals surface area (Å²) in [4.78, 5) is 18.9. The maximum absolute atomic E-state index is 10.5. The molecule has 112 valence electrons. The van der Waals surface area contributed by atoms with E-state index in [4.69, 9.17) is 15.3 Å². The second-order valence-electron chi connectivity index (χ2n) is 4.77. The van der Waals surface area contributed by atoms with Crippen LogP contribution in [0.4, 0.5) is 0 Å². The van der Waals surface area contributed by atoms with Crippen LogP contribution in [0.5, 0.6) is 0 Å². The summed E-state index contributed by atoms with van der Waals surface area (Å²) in [5.74, 6) is 0. The van der Waals surface area contributed by atoms with Crippen LogP contribution in [0.2, 0.25) is 0 Å². The van der Waals surface area contributed by atoms with E-state index in [0.717, 1.165) is 18.5 Å². The fraction of sp³-hybridized carbons (Fsp3) is 1.00. The van der Waals surface area contributed by atoms with Gasteiger partial charge in [0.25, 0.3) is 5.09 Å². The van der Waals surface area contributed by atoms with E-state index in [1.165, 1.54) is 38.5 Å². The van der Waals surface area contributed by atoms with Crippen LogP contribution in [0.15, 0.2) is 0 Å². The van der Waals surface area contributed by atoms with E-state index in [1.807, 2.05) is 0 Å². The molecule has 0 fully saturated rings. The minimum atomic E-state index is -1.81. The van der Waals surface area contributed by atoms with Gasteiger partial charge < -0.3 is 5.21 Å². The second-order valence-corrected chi connectivity index (χ2v) is 8.72. The van der Waals surface area contributed by atoms with Crippen molar-refractivity contribution in [3.8, 4) is 0 Å². The van der Waals surface area contributed by atoms with Gasteiger partial charge in [-0.2, -0.15) is 0 Å². The molecule has 0 saturated heterocycles. The summed E-state index contributed by atoms with van der Waals surface area (Å²) >= 11 is 0. The van der Waals surface area contributed by atoms with E-state index in [0.29, 0.717) is 0 Å². The first-order valence-electron chi connectivity index (χ1n) is 6.97. The normalized spacial score (nSPS) is 11.6. The topological polar surface area (TPSA) is 83.6 Å². The Labute approximate surface area is 111 Å². The van der Waals surface area contributed by atoms with Crippen LogP contribution in [0.1, 0.15) is 59.3 Å². The van der Waals surface area contributed by atoms with Crippen molar-refractivity contribution in [3.63, 3.8) is 0 Å². The fourth-order valence-electron chi connectivity index (χ4n) is 1.89. The maximum Gasteiger partial charge on any atom is 0.291 e. The monoisotopic (exact) mass is 283 g/mol. The van der Waals surface area contributed by atoms with Gasteiger partial charge in [-0.25, -0.2) is 0 Å². The van der Waals surface area contributed by atoms with Gasteiger partial charge in [0.05, 0.1) is 0 Å². The number of unbranched alkanes of at least 4 members (excludes halogenated alkanes) is 3. The molecule has 0 unspecified atom stereocenters. The summed E-state index contributed by atoms with van der Waals surface area (Å²) in [6, 6.07) is 0. The van der Waals surface area contributed by atoms with Crippen LogP contribution in [0.25, 0.3) is 0 Å². The minimum Gasteiger partial charge on any atom is -0.328 e. The predicted molar refractivity (Wildman–Crippen MR) is 78.6 cm³/mol. The minimum absolute atomic E-state index is 1.14. The third-order valence-corrected chi connectivity index (χ3v) is 6.84. The van der Waals surface area contributed by atoms with Crippen LogP contribution >= 0.6 is 7.49 Å². The Morgan fingerprint density at radius 1 is 0.944 bits per heavy atom. The van der Waals surface area contributed by atoms with Crippen LogP contribution in [-0.4, -0.2) is 33.7 Å². The third kappa shape index (κ3) is 15.6. The van der Waals surface area contributed by atoms with Crippen LogP contribution in [0, 0.1) is 10.1 Å². The van der Waals surface area contributed by atoms with Crippen molar-refractivity contribution in [2.24, 2.45) is 0 Å². The number of hydrogen-bond donors (Lipinski definition) is 2. The van der Waals surface area contributed by atoms with Gasteiger partial charge in [-0.3, -0.25) is 0 Å². The molecule has 0 aliphatic heterocycles. The molecule has 0 atom stereocenters. The summed E-state index contributed by atoms with van der Waals surface area (Å²) < 4.78 is 0. The largest absolute Gasteiger partial charge is 0.328 e. The first-order valence-corrected chi connectivity index (χ1v) is 9.54. The Morgan fingerprint density at radius 3 is 1.33 bits per heavy atom. The molecule has 0 bridgehead atoms. The van der Waals surface area contributed by atoms with Crippen molar-refractivity contribution in [2.45, 2.75) is 59.3 Å². The van der Waals surface area contributed by atoms with Crippen molar-refractivity contribution in [1.29, 1.82) is 0 Å². The summed E-state index contributed by atoms with van der Waals surface area (Å²) in [5.41, 5.74) is 0. The average Bonchev–Trinajstić information content (AvgIpc) is 2.31. The molecule has 0 aliphatic carbocycles. The molecule has 0 saturated carbocycles. The molecule has 0 rings (SSSR count). The average molecular weight is 283 g/mol. The SMILES string of the molecule is CCCC[PH](O)(CCCC)CCCC.O=[N+]([O-])O. The van der Waals surface area contributed by atoms with Crippen LogP contribution < -0.4 is 0 Å². The maximum atomic E-state index is 10.5. The zero-order valence-corrected chi connectivity index (χ0v) is 13.0. The number of hydrogen-bond acceptors (Lipinski definition) is 3. The molecular weight excluding hydrogens is 253 g/mol. The van der Waals surface area contributed by atoms with Crippen molar-refractivity contribution in [1.82, 2.24) is 0 Å². The van der Waals surface area contributed by atoms with Gasteiger partial charge in [0.1, 0.15) is 0 Å². The van der Waals surface area contributed by atoms with Gasteiger partial charge in [-0.05, 0) is 0 Å². The van der Waals surface area contributed by atoms with Gasteiger partial charge in [0, 0.05) is 0 Å². The molecule has 0 heterocycles.